The van der Waals surface area contributed by atoms with Gasteiger partial charge in [-0.2, -0.15) is 26.3 Å². The van der Waals surface area contributed by atoms with Gasteiger partial charge in [-0.05, 0) is 70.8 Å². The molecular weight excluding hydrogens is 991 g/mol. The van der Waals surface area contributed by atoms with Crippen molar-refractivity contribution < 1.29 is 82.8 Å². The van der Waals surface area contributed by atoms with E-state index in [0.717, 1.165) is 47.5 Å². The van der Waals surface area contributed by atoms with Gasteiger partial charge in [-0.15, -0.1) is 0 Å². The normalized spacial score (nSPS) is 19.5. The molecule has 2 aliphatic rings. The molecule has 75 heavy (non-hydrogen) atoms. The summed E-state index contributed by atoms with van der Waals surface area (Å²) in [5.74, 6) is -14.6. The van der Waals surface area contributed by atoms with Crippen LogP contribution < -0.4 is 37.9 Å². The highest BCUT2D eigenvalue weighted by Gasteiger charge is 2.72. The Morgan fingerprint density at radius 3 is 1.12 bits per heavy atom. The molecule has 2 amide bonds. The Morgan fingerprint density at radius 2 is 0.800 bits per heavy atom. The number of halogens is 6. The molecule has 0 saturated carbocycles. The fourth-order valence-electron chi connectivity index (χ4n) is 10.6. The Kier molecular flexibility index (Phi) is 18.0. The molecule has 4 aromatic carbocycles. The van der Waals surface area contributed by atoms with E-state index in [2.05, 4.69) is 0 Å². The first-order valence-corrected chi connectivity index (χ1v) is 24.6. The third kappa shape index (κ3) is 12.1. The van der Waals surface area contributed by atoms with Crippen molar-refractivity contribution in [1.82, 2.24) is 9.80 Å². The summed E-state index contributed by atoms with van der Waals surface area (Å²) >= 11 is 0. The second-order valence-electron chi connectivity index (χ2n) is 20.0. The largest absolute Gasteiger partial charge is 0.493 e. The Bertz CT molecular complexity index is 2500. The van der Waals surface area contributed by atoms with Crippen molar-refractivity contribution in [3.05, 3.63) is 94.0 Å². The molecule has 2 aliphatic heterocycles. The van der Waals surface area contributed by atoms with E-state index >= 15 is 26.3 Å². The van der Waals surface area contributed by atoms with Gasteiger partial charge in [0.1, 0.15) is 12.1 Å². The molecular formula is C55H72F6N4O10+2. The number of fused-ring (bicyclic) bond motifs is 2. The highest BCUT2D eigenvalue weighted by Crippen LogP contribution is 2.48. The number of likely N-dealkylation sites (N-methyl/N-ethyl adjacent to an activating group) is 2. The van der Waals surface area contributed by atoms with Gasteiger partial charge in [0, 0.05) is 50.9 Å². The van der Waals surface area contributed by atoms with Crippen molar-refractivity contribution in [2.75, 3.05) is 124 Å². The zero-order valence-corrected chi connectivity index (χ0v) is 45.1. The lowest BCUT2D eigenvalue weighted by molar-refractivity contribution is -0.940. The van der Waals surface area contributed by atoms with E-state index in [0.29, 0.717) is 94.6 Å². The zero-order valence-electron chi connectivity index (χ0n) is 45.1. The Balaban J connectivity index is 1.14. The summed E-state index contributed by atoms with van der Waals surface area (Å²) in [6.45, 7) is -2.82. The van der Waals surface area contributed by atoms with E-state index in [-0.39, 0.29) is 47.0 Å². The lowest BCUT2D eigenvalue weighted by Gasteiger charge is -2.46. The van der Waals surface area contributed by atoms with Crippen molar-refractivity contribution >= 4 is 11.8 Å². The van der Waals surface area contributed by atoms with Crippen LogP contribution >= 0.6 is 0 Å². The summed E-state index contributed by atoms with van der Waals surface area (Å²) in [7, 11) is 17.8. The number of hydrogen-bond donors (Lipinski definition) is 0. The second-order valence-corrected chi connectivity index (χ2v) is 20.0. The van der Waals surface area contributed by atoms with E-state index in [1.807, 2.05) is 62.6 Å². The van der Waals surface area contributed by atoms with Gasteiger partial charge in [-0.1, -0.05) is 12.1 Å². The van der Waals surface area contributed by atoms with Gasteiger partial charge in [0.05, 0.1) is 123 Å². The molecule has 20 heteroatoms. The predicted octanol–water partition coefficient (Wildman–Crippen LogP) is 8.63. The van der Waals surface area contributed by atoms with Crippen LogP contribution in [0.2, 0.25) is 0 Å². The third-order valence-corrected chi connectivity index (χ3v) is 15.4. The standard InChI is InChI=1S/C55H72F6N4O10/c1-62(51(66)19-23-64(3)21-17-37-29-47(72-9)49(74-11)31-39(37)41(64)25-35-13-15-43(68-5)45(27-35)70-7)33-53(56,57)55(60,61)54(58,59)34-63(2)52(67)20-24-65(4)22-18-38-30-48(73-10)50(75-12)32-40(38)42(65)26-36-14-16-44(69-6)46(28-36)71-8/h13-16,27-32,41-42H,17-26,33-34H2,1-12H3/q+2. The van der Waals surface area contributed by atoms with Crippen LogP contribution in [0.3, 0.4) is 0 Å². The number of hydrogen-bond acceptors (Lipinski definition) is 10. The predicted molar refractivity (Wildman–Crippen MR) is 270 cm³/mol. The fourth-order valence-corrected chi connectivity index (χ4v) is 10.6. The maximum atomic E-state index is 15.7. The van der Waals surface area contributed by atoms with Crippen molar-refractivity contribution in [1.29, 1.82) is 0 Å². The minimum absolute atomic E-state index is 0.0874. The quantitative estimate of drug-likeness (QED) is 0.0500. The van der Waals surface area contributed by atoms with Gasteiger partial charge in [0.15, 0.2) is 46.0 Å². The summed E-state index contributed by atoms with van der Waals surface area (Å²) in [6, 6.07) is 17.9. The van der Waals surface area contributed by atoms with Gasteiger partial charge < -0.3 is 56.7 Å². The molecule has 0 fully saturated rings. The molecule has 0 saturated heterocycles. The van der Waals surface area contributed by atoms with Gasteiger partial charge in [-0.25, -0.2) is 0 Å². The van der Waals surface area contributed by atoms with E-state index in [1.54, 1.807) is 12.1 Å². The summed E-state index contributed by atoms with van der Waals surface area (Å²) in [6.07, 6.45) is 1.22. The van der Waals surface area contributed by atoms with E-state index in [9.17, 15) is 9.59 Å². The molecule has 6 rings (SSSR count). The van der Waals surface area contributed by atoms with Gasteiger partial charge in [-0.3, -0.25) is 9.59 Å². The number of methoxy groups -OCH3 is 8. The number of alkyl halides is 6. The van der Waals surface area contributed by atoms with E-state index in [1.165, 1.54) is 56.9 Å². The number of ether oxygens (including phenoxy) is 8. The topological polar surface area (TPSA) is 114 Å². The molecule has 0 N–H and O–H groups in total. The number of quaternary nitrogens is 2. The van der Waals surface area contributed by atoms with Crippen LogP contribution in [-0.4, -0.2) is 173 Å². The van der Waals surface area contributed by atoms with Crippen molar-refractivity contribution in [2.45, 2.75) is 68.4 Å². The molecule has 4 aromatic rings. The fraction of sp³-hybridized carbons (Fsp3) is 0.527. The molecule has 0 bridgehead atoms. The molecule has 14 nitrogen and oxygen atoms in total. The highest BCUT2D eigenvalue weighted by molar-refractivity contribution is 5.76. The van der Waals surface area contributed by atoms with Crippen LogP contribution in [0.15, 0.2) is 60.7 Å². The Hall–Kier alpha value is -6.28. The molecule has 0 spiro atoms. The molecule has 4 atom stereocenters. The van der Waals surface area contributed by atoms with Crippen LogP contribution in [0.25, 0.3) is 0 Å². The molecule has 4 unspecified atom stereocenters. The van der Waals surface area contributed by atoms with Gasteiger partial charge in [0.2, 0.25) is 11.8 Å². The number of nitrogens with zero attached hydrogens (tertiary/aromatic N) is 4. The maximum absolute atomic E-state index is 15.7. The lowest BCUT2D eigenvalue weighted by atomic mass is 9.86. The molecule has 0 aromatic heterocycles. The number of carbonyl (C=O) groups is 2. The minimum atomic E-state index is -5.97. The van der Waals surface area contributed by atoms with Crippen LogP contribution in [0, 0.1) is 0 Å². The second kappa shape index (κ2) is 23.3. The van der Waals surface area contributed by atoms with Crippen LogP contribution in [0.4, 0.5) is 26.3 Å². The molecule has 0 radical (unpaired) electrons. The van der Waals surface area contributed by atoms with E-state index < -0.39 is 42.7 Å². The first-order valence-electron chi connectivity index (χ1n) is 24.6. The number of carbonyl (C=O) groups excluding carboxylic acids is 2. The summed E-state index contributed by atoms with van der Waals surface area (Å²) in [5, 5.41) is 0. The van der Waals surface area contributed by atoms with Gasteiger partial charge >= 0.3 is 17.8 Å². The number of rotatable bonds is 24. The summed E-state index contributed by atoms with van der Waals surface area (Å²) in [5.41, 5.74) is 5.50. The SMILES string of the molecule is COc1ccc(CC2c3cc(OC)c(OC)cc3CC[N+]2(C)CCC(=O)N(C)CC(F)(F)C(F)(F)C(F)(F)CN(C)C(=O)CC[N+]2(C)CCc3cc(OC)c(OC)cc3C2Cc2ccc(OC)c(OC)c2)cc1OC. The monoisotopic (exact) mass is 1060 g/mol. The van der Waals surface area contributed by atoms with Crippen LogP contribution in [0.1, 0.15) is 58.3 Å². The van der Waals surface area contributed by atoms with Gasteiger partial charge in [0.25, 0.3) is 0 Å². The van der Waals surface area contributed by atoms with Crippen molar-refractivity contribution in [3.8, 4) is 46.0 Å². The van der Waals surface area contributed by atoms with Crippen LogP contribution in [0.5, 0.6) is 46.0 Å². The first kappa shape index (κ1) is 58.0. The smallest absolute Gasteiger partial charge is 0.375 e. The number of benzene rings is 4. The molecule has 2 heterocycles. The maximum Gasteiger partial charge on any atom is 0.375 e. The summed E-state index contributed by atoms with van der Waals surface area (Å²) in [4.78, 5) is 28.0. The first-order chi connectivity index (χ1) is 35.4. The average molecular weight is 1060 g/mol. The van der Waals surface area contributed by atoms with Crippen molar-refractivity contribution in [3.63, 3.8) is 0 Å². The Morgan fingerprint density at radius 1 is 0.493 bits per heavy atom. The summed E-state index contributed by atoms with van der Waals surface area (Å²) < 4.78 is 139. The van der Waals surface area contributed by atoms with Crippen LogP contribution in [-0.2, 0) is 35.3 Å². The number of amides is 2. The molecule has 412 valence electrons. The average Bonchev–Trinajstić information content (AvgIpc) is 3.39. The minimum Gasteiger partial charge on any atom is -0.493 e. The lowest BCUT2D eigenvalue weighted by Crippen LogP contribution is -2.62. The van der Waals surface area contributed by atoms with Crippen molar-refractivity contribution in [2.24, 2.45) is 0 Å². The molecule has 0 aliphatic carbocycles. The van der Waals surface area contributed by atoms with E-state index in [4.69, 9.17) is 37.9 Å². The Labute approximate surface area is 436 Å². The highest BCUT2D eigenvalue weighted by atomic mass is 19.3. The third-order valence-electron chi connectivity index (χ3n) is 15.4. The zero-order chi connectivity index (χ0) is 55.3.